The number of aryl methyl sites for hydroxylation is 1. The first-order valence-electron chi connectivity index (χ1n) is 11.9. The van der Waals surface area contributed by atoms with Crippen molar-refractivity contribution in [3.8, 4) is 11.6 Å². The molecule has 1 aromatic carbocycles. The fourth-order valence-corrected chi connectivity index (χ4v) is 5.54. The number of likely N-dealkylation sites (tertiary alicyclic amines) is 1. The zero-order chi connectivity index (χ0) is 22.4. The molecule has 0 bridgehead atoms. The van der Waals surface area contributed by atoms with Crippen molar-refractivity contribution < 1.29 is 9.47 Å². The molecule has 172 valence electrons. The number of hydrogen-bond donors (Lipinski definition) is 1. The van der Waals surface area contributed by atoms with Gasteiger partial charge < -0.3 is 24.3 Å². The molecule has 1 saturated heterocycles. The monoisotopic (exact) mass is 447 g/mol. The van der Waals surface area contributed by atoms with Gasteiger partial charge in [0.1, 0.15) is 13.2 Å². The Morgan fingerprint density at radius 3 is 2.79 bits per heavy atom. The van der Waals surface area contributed by atoms with Gasteiger partial charge in [-0.15, -0.1) is 5.10 Å². The van der Waals surface area contributed by atoms with E-state index >= 15 is 0 Å². The Balaban J connectivity index is 1.06. The highest BCUT2D eigenvalue weighted by Gasteiger charge is 2.30. The van der Waals surface area contributed by atoms with E-state index in [1.807, 2.05) is 16.7 Å². The number of hydrogen-bond acceptors (Lipinski definition) is 7. The van der Waals surface area contributed by atoms with Gasteiger partial charge in [0.25, 0.3) is 11.4 Å². The van der Waals surface area contributed by atoms with Crippen LogP contribution in [0.4, 0.5) is 0 Å². The molecular weight excluding hydrogens is 418 g/mol. The lowest BCUT2D eigenvalue weighted by molar-refractivity contribution is 0.161. The van der Waals surface area contributed by atoms with Gasteiger partial charge in [0, 0.05) is 43.7 Å². The zero-order valence-corrected chi connectivity index (χ0v) is 18.9. The van der Waals surface area contributed by atoms with Crippen LogP contribution in [0, 0.1) is 6.92 Å². The van der Waals surface area contributed by atoms with E-state index in [4.69, 9.17) is 9.47 Å². The molecule has 0 aliphatic carbocycles. The molecule has 3 aliphatic rings. The maximum atomic E-state index is 12.5. The summed E-state index contributed by atoms with van der Waals surface area (Å²) in [6.07, 6.45) is 2.20. The zero-order valence-electron chi connectivity index (χ0n) is 18.9. The van der Waals surface area contributed by atoms with E-state index in [0.717, 1.165) is 50.2 Å². The van der Waals surface area contributed by atoms with Crippen LogP contribution in [0.5, 0.6) is 11.6 Å². The molecule has 1 N–H and O–H groups in total. The predicted molar refractivity (Wildman–Crippen MR) is 125 cm³/mol. The van der Waals surface area contributed by atoms with E-state index in [9.17, 15) is 4.79 Å². The third kappa shape index (κ3) is 3.87. The third-order valence-electron chi connectivity index (χ3n) is 7.21. The van der Waals surface area contributed by atoms with Gasteiger partial charge in [0.15, 0.2) is 5.75 Å². The molecule has 2 aromatic heterocycles. The molecule has 8 heteroatoms. The van der Waals surface area contributed by atoms with Crippen molar-refractivity contribution in [3.05, 3.63) is 57.5 Å². The second kappa shape index (κ2) is 8.43. The van der Waals surface area contributed by atoms with Gasteiger partial charge in [-0.3, -0.25) is 4.79 Å². The predicted octanol–water partition coefficient (Wildman–Crippen LogP) is 2.22. The molecule has 0 unspecified atom stereocenters. The van der Waals surface area contributed by atoms with Gasteiger partial charge in [-0.2, -0.15) is 5.10 Å². The standard InChI is InChI=1S/C25H29N5O3/c1-16-2-3-17-4-5-22(31)30-15-18(23(16)24(17)30)14-29-8-6-19(7-9-29)26-13-20-12-21-25(28-27-20)33-11-10-32-21/h2-5,12,18-19,26H,6-11,13-15H2,1H3/t18-/m1/s1. The minimum Gasteiger partial charge on any atom is -0.484 e. The maximum absolute atomic E-state index is 12.5. The van der Waals surface area contributed by atoms with Gasteiger partial charge in [-0.1, -0.05) is 12.1 Å². The highest BCUT2D eigenvalue weighted by Crippen LogP contribution is 2.36. The lowest BCUT2D eigenvalue weighted by atomic mass is 9.93. The molecule has 3 aliphatic heterocycles. The quantitative estimate of drug-likeness (QED) is 0.642. The van der Waals surface area contributed by atoms with Gasteiger partial charge in [0.2, 0.25) is 0 Å². The minimum atomic E-state index is 0.113. The number of piperidine rings is 1. The van der Waals surface area contributed by atoms with Crippen molar-refractivity contribution in [1.29, 1.82) is 0 Å². The van der Waals surface area contributed by atoms with Crippen LogP contribution in [0.25, 0.3) is 10.9 Å². The van der Waals surface area contributed by atoms with Crippen molar-refractivity contribution >= 4 is 10.9 Å². The smallest absolute Gasteiger partial charge is 0.276 e. The number of nitrogens with one attached hydrogen (secondary N) is 1. The Labute approximate surface area is 192 Å². The fraction of sp³-hybridized carbons (Fsp3) is 0.480. The Hall–Kier alpha value is -2.97. The average Bonchev–Trinajstić information content (AvgIpc) is 3.23. The second-order valence-corrected chi connectivity index (χ2v) is 9.37. The summed E-state index contributed by atoms with van der Waals surface area (Å²) in [6, 6.07) is 10.4. The molecule has 5 heterocycles. The summed E-state index contributed by atoms with van der Waals surface area (Å²) < 4.78 is 13.0. The molecule has 33 heavy (non-hydrogen) atoms. The topological polar surface area (TPSA) is 81.5 Å². The largest absolute Gasteiger partial charge is 0.484 e. The minimum absolute atomic E-state index is 0.113. The van der Waals surface area contributed by atoms with E-state index in [1.165, 1.54) is 16.5 Å². The Morgan fingerprint density at radius 1 is 1.09 bits per heavy atom. The number of rotatable bonds is 5. The average molecular weight is 448 g/mol. The number of pyridine rings is 1. The molecule has 1 atom stereocenters. The van der Waals surface area contributed by atoms with Crippen LogP contribution in [0.15, 0.2) is 35.1 Å². The van der Waals surface area contributed by atoms with E-state index in [2.05, 4.69) is 39.5 Å². The first kappa shape index (κ1) is 20.6. The van der Waals surface area contributed by atoms with Crippen molar-refractivity contribution in [1.82, 2.24) is 25.0 Å². The lowest BCUT2D eigenvalue weighted by Gasteiger charge is -2.34. The molecule has 3 aromatic rings. The lowest BCUT2D eigenvalue weighted by Crippen LogP contribution is -2.43. The summed E-state index contributed by atoms with van der Waals surface area (Å²) in [4.78, 5) is 15.0. The maximum Gasteiger partial charge on any atom is 0.276 e. The van der Waals surface area contributed by atoms with Crippen molar-refractivity contribution in [2.75, 3.05) is 32.8 Å². The Bertz CT molecular complexity index is 1250. The number of benzene rings is 1. The molecule has 8 nitrogen and oxygen atoms in total. The van der Waals surface area contributed by atoms with E-state index in [1.54, 1.807) is 6.07 Å². The summed E-state index contributed by atoms with van der Waals surface area (Å²) in [5, 5.41) is 13.2. The number of ether oxygens (including phenoxy) is 2. The summed E-state index contributed by atoms with van der Waals surface area (Å²) >= 11 is 0. The van der Waals surface area contributed by atoms with Crippen LogP contribution in [-0.4, -0.2) is 58.6 Å². The first-order chi connectivity index (χ1) is 16.2. The van der Waals surface area contributed by atoms with Gasteiger partial charge in [-0.05, 0) is 55.4 Å². The van der Waals surface area contributed by atoms with Crippen LogP contribution in [-0.2, 0) is 13.1 Å². The molecule has 0 amide bonds. The molecule has 0 radical (unpaired) electrons. The Morgan fingerprint density at radius 2 is 1.91 bits per heavy atom. The van der Waals surface area contributed by atoms with Crippen LogP contribution in [0.2, 0.25) is 0 Å². The summed E-state index contributed by atoms with van der Waals surface area (Å²) in [7, 11) is 0. The van der Waals surface area contributed by atoms with E-state index in [0.29, 0.717) is 43.3 Å². The van der Waals surface area contributed by atoms with E-state index < -0.39 is 0 Å². The van der Waals surface area contributed by atoms with Crippen LogP contribution in [0.1, 0.15) is 35.6 Å². The molecule has 1 fully saturated rings. The molecule has 0 spiro atoms. The normalized spacial score (nSPS) is 20.5. The van der Waals surface area contributed by atoms with Crippen molar-refractivity contribution in [2.24, 2.45) is 0 Å². The van der Waals surface area contributed by atoms with Gasteiger partial charge >= 0.3 is 0 Å². The third-order valence-corrected chi connectivity index (χ3v) is 7.21. The SMILES string of the molecule is Cc1ccc2ccc(=O)n3c2c1[C@H](CN1CCC(NCc2cc4c(nn2)OCCO4)CC1)C3. The summed E-state index contributed by atoms with van der Waals surface area (Å²) in [5.74, 6) is 1.55. The highest BCUT2D eigenvalue weighted by atomic mass is 16.6. The molecular formula is C25H29N5O3. The number of fused-ring (bicyclic) bond motifs is 1. The van der Waals surface area contributed by atoms with Crippen LogP contribution < -0.4 is 20.3 Å². The number of nitrogens with zero attached hydrogens (tertiary/aromatic N) is 4. The van der Waals surface area contributed by atoms with Crippen molar-refractivity contribution in [2.45, 2.75) is 44.8 Å². The van der Waals surface area contributed by atoms with Gasteiger partial charge in [-0.25, -0.2) is 0 Å². The fourth-order valence-electron chi connectivity index (χ4n) is 5.54. The van der Waals surface area contributed by atoms with Crippen LogP contribution >= 0.6 is 0 Å². The first-order valence-corrected chi connectivity index (χ1v) is 11.9. The molecule has 6 rings (SSSR count). The Kier molecular flexibility index (Phi) is 5.27. The highest BCUT2D eigenvalue weighted by molar-refractivity contribution is 5.85. The van der Waals surface area contributed by atoms with Crippen LogP contribution in [0.3, 0.4) is 0 Å². The summed E-state index contributed by atoms with van der Waals surface area (Å²) in [5.41, 5.74) is 4.79. The van der Waals surface area contributed by atoms with E-state index in [-0.39, 0.29) is 5.56 Å². The second-order valence-electron chi connectivity index (χ2n) is 9.37. The summed E-state index contributed by atoms with van der Waals surface area (Å²) in [6.45, 7) is 7.83. The molecule has 0 saturated carbocycles. The number of aromatic nitrogens is 3. The van der Waals surface area contributed by atoms with Gasteiger partial charge in [0.05, 0.1) is 11.2 Å². The van der Waals surface area contributed by atoms with Crippen molar-refractivity contribution in [3.63, 3.8) is 0 Å².